The lowest BCUT2D eigenvalue weighted by Crippen LogP contribution is -2.25. The van der Waals surface area contributed by atoms with Crippen molar-refractivity contribution in [2.75, 3.05) is 27.9 Å². The highest BCUT2D eigenvalue weighted by Crippen LogP contribution is 2.38. The largest absolute Gasteiger partial charge is 0.493 e. The van der Waals surface area contributed by atoms with Crippen molar-refractivity contribution >= 4 is 16.9 Å². The minimum Gasteiger partial charge on any atom is -0.493 e. The fourth-order valence-corrected chi connectivity index (χ4v) is 4.87. The zero-order valence-electron chi connectivity index (χ0n) is 22.5. The Morgan fingerprint density at radius 1 is 0.919 bits per heavy atom. The number of fused-ring (bicyclic) bond motifs is 1. The lowest BCUT2D eigenvalue weighted by Gasteiger charge is -2.15. The van der Waals surface area contributed by atoms with Gasteiger partial charge in [0.05, 0.1) is 32.4 Å². The van der Waals surface area contributed by atoms with E-state index in [1.807, 2.05) is 6.07 Å². The number of hydrogen-bond donors (Lipinski definition) is 1. The van der Waals surface area contributed by atoms with Crippen LogP contribution in [0.4, 0.5) is 0 Å². The number of imidazole rings is 1. The summed E-state index contributed by atoms with van der Waals surface area (Å²) >= 11 is 0. The highest BCUT2D eigenvalue weighted by atomic mass is 16.5. The first kappa shape index (κ1) is 26.1. The molecule has 7 heteroatoms. The van der Waals surface area contributed by atoms with Crippen LogP contribution < -0.4 is 19.5 Å². The van der Waals surface area contributed by atoms with Gasteiger partial charge in [-0.3, -0.25) is 4.79 Å². The Hall–Kier alpha value is -4.00. The summed E-state index contributed by atoms with van der Waals surface area (Å²) < 4.78 is 18.4. The third-order valence-corrected chi connectivity index (χ3v) is 6.68. The fraction of sp³-hybridized carbons (Fsp3) is 0.333. The number of nitrogens with zero attached hydrogens (tertiary/aromatic N) is 2. The molecule has 7 nitrogen and oxygen atoms in total. The fourth-order valence-electron chi connectivity index (χ4n) is 4.87. The van der Waals surface area contributed by atoms with Gasteiger partial charge < -0.3 is 24.1 Å². The van der Waals surface area contributed by atoms with Crippen molar-refractivity contribution in [3.05, 3.63) is 82.2 Å². The van der Waals surface area contributed by atoms with E-state index < -0.39 is 0 Å². The van der Waals surface area contributed by atoms with E-state index in [1.54, 1.807) is 12.1 Å². The minimum atomic E-state index is -0.196. The van der Waals surface area contributed by atoms with Gasteiger partial charge in [0.15, 0.2) is 11.5 Å². The third kappa shape index (κ3) is 5.56. The van der Waals surface area contributed by atoms with Gasteiger partial charge in [-0.1, -0.05) is 29.8 Å². The summed E-state index contributed by atoms with van der Waals surface area (Å²) in [5.41, 5.74) is 7.74. The van der Waals surface area contributed by atoms with Gasteiger partial charge >= 0.3 is 0 Å². The lowest BCUT2D eigenvalue weighted by atomic mass is 9.99. The maximum absolute atomic E-state index is 12.9. The van der Waals surface area contributed by atoms with Gasteiger partial charge in [-0.25, -0.2) is 4.98 Å². The number of rotatable bonds is 10. The molecule has 0 unspecified atom stereocenters. The topological polar surface area (TPSA) is 74.6 Å². The molecule has 0 radical (unpaired) electrons. The summed E-state index contributed by atoms with van der Waals surface area (Å²) in [6.45, 7) is 7.76. The number of carbonyl (C=O) groups is 1. The molecule has 3 aromatic carbocycles. The number of aromatic nitrogens is 2. The number of para-hydroxylation sites is 2. The Kier molecular flexibility index (Phi) is 8.01. The highest BCUT2D eigenvalue weighted by molar-refractivity contribution is 5.95. The molecule has 0 aliphatic carbocycles. The molecular formula is C30H35N3O4. The van der Waals surface area contributed by atoms with E-state index in [2.05, 4.69) is 61.0 Å². The summed E-state index contributed by atoms with van der Waals surface area (Å²) in [5.74, 6) is 2.17. The maximum atomic E-state index is 12.9. The molecular weight excluding hydrogens is 466 g/mol. The smallest absolute Gasteiger partial charge is 0.251 e. The molecule has 0 aliphatic heterocycles. The highest BCUT2D eigenvalue weighted by Gasteiger charge is 2.17. The van der Waals surface area contributed by atoms with Crippen molar-refractivity contribution in [1.82, 2.24) is 14.9 Å². The van der Waals surface area contributed by atoms with Crippen molar-refractivity contribution < 1.29 is 19.0 Å². The molecule has 0 saturated carbocycles. The van der Waals surface area contributed by atoms with E-state index in [0.29, 0.717) is 29.4 Å². The quantitative estimate of drug-likeness (QED) is 0.295. The van der Waals surface area contributed by atoms with E-state index in [1.165, 1.54) is 43.6 Å². The molecule has 4 aromatic rings. The molecule has 0 atom stereocenters. The molecule has 0 aliphatic rings. The van der Waals surface area contributed by atoms with Crippen LogP contribution in [0.25, 0.3) is 11.0 Å². The molecule has 1 amide bonds. The van der Waals surface area contributed by atoms with Gasteiger partial charge in [-0.05, 0) is 68.1 Å². The normalized spacial score (nSPS) is 11.0. The van der Waals surface area contributed by atoms with Gasteiger partial charge in [-0.2, -0.15) is 0 Å². The standard InChI is InChI=1S/C30H35N3O4/c1-19-14-20(2)23(21(3)15-19)18-33-25-11-8-7-10-24(25)32-28(33)12-9-13-31-30(34)22-16-26(35-4)29(37-6)27(17-22)36-5/h7-8,10-11,14-17H,9,12-13,18H2,1-6H3,(H,31,34). The number of hydrogen-bond acceptors (Lipinski definition) is 5. The molecule has 1 heterocycles. The third-order valence-electron chi connectivity index (χ3n) is 6.68. The second-order valence-corrected chi connectivity index (χ2v) is 9.25. The van der Waals surface area contributed by atoms with Crippen molar-refractivity contribution in [2.45, 2.75) is 40.2 Å². The summed E-state index contributed by atoms with van der Waals surface area (Å²) in [4.78, 5) is 17.8. The summed E-state index contributed by atoms with van der Waals surface area (Å²) in [5, 5.41) is 3.01. The predicted molar refractivity (Wildman–Crippen MR) is 146 cm³/mol. The number of nitrogens with one attached hydrogen (secondary N) is 1. The Labute approximate surface area is 218 Å². The Balaban J connectivity index is 1.48. The maximum Gasteiger partial charge on any atom is 0.251 e. The van der Waals surface area contributed by atoms with Crippen LogP contribution in [0.15, 0.2) is 48.5 Å². The molecule has 1 aromatic heterocycles. The lowest BCUT2D eigenvalue weighted by molar-refractivity contribution is 0.0952. The Bertz CT molecular complexity index is 1380. The van der Waals surface area contributed by atoms with Crippen LogP contribution in [-0.4, -0.2) is 43.3 Å². The van der Waals surface area contributed by atoms with E-state index in [4.69, 9.17) is 19.2 Å². The number of benzene rings is 3. The number of ether oxygens (including phenoxy) is 3. The predicted octanol–water partition coefficient (Wildman–Crippen LogP) is 5.40. The first-order valence-electron chi connectivity index (χ1n) is 12.4. The molecule has 1 N–H and O–H groups in total. The Morgan fingerprint density at radius 2 is 1.57 bits per heavy atom. The van der Waals surface area contributed by atoms with Crippen LogP contribution in [-0.2, 0) is 13.0 Å². The SMILES string of the molecule is COc1cc(C(=O)NCCCc2nc3ccccc3n2Cc2c(C)cc(C)cc2C)cc(OC)c1OC. The zero-order valence-corrected chi connectivity index (χ0v) is 22.5. The molecule has 0 fully saturated rings. The average molecular weight is 502 g/mol. The van der Waals surface area contributed by atoms with Crippen molar-refractivity contribution in [2.24, 2.45) is 0 Å². The van der Waals surface area contributed by atoms with E-state index in [-0.39, 0.29) is 5.91 Å². The molecule has 0 saturated heterocycles. The molecule has 0 spiro atoms. The monoisotopic (exact) mass is 501 g/mol. The van der Waals surface area contributed by atoms with Crippen LogP contribution in [0.1, 0.15) is 44.9 Å². The summed E-state index contributed by atoms with van der Waals surface area (Å²) in [6.07, 6.45) is 1.50. The first-order valence-corrected chi connectivity index (χ1v) is 12.4. The number of carbonyl (C=O) groups excluding carboxylic acids is 1. The molecule has 0 bridgehead atoms. The van der Waals surface area contributed by atoms with Crippen LogP contribution in [0, 0.1) is 20.8 Å². The minimum absolute atomic E-state index is 0.196. The summed E-state index contributed by atoms with van der Waals surface area (Å²) in [6, 6.07) is 16.0. The van der Waals surface area contributed by atoms with E-state index in [0.717, 1.165) is 36.2 Å². The number of amides is 1. The zero-order chi connectivity index (χ0) is 26.5. The van der Waals surface area contributed by atoms with Crippen molar-refractivity contribution in [1.29, 1.82) is 0 Å². The number of aryl methyl sites for hydroxylation is 4. The van der Waals surface area contributed by atoms with Crippen LogP contribution in [0.3, 0.4) is 0 Å². The molecule has 37 heavy (non-hydrogen) atoms. The van der Waals surface area contributed by atoms with Gasteiger partial charge in [0.25, 0.3) is 5.91 Å². The van der Waals surface area contributed by atoms with E-state index in [9.17, 15) is 4.79 Å². The second-order valence-electron chi connectivity index (χ2n) is 9.25. The molecule has 194 valence electrons. The van der Waals surface area contributed by atoms with Gasteiger partial charge in [0.2, 0.25) is 5.75 Å². The van der Waals surface area contributed by atoms with Gasteiger partial charge in [0.1, 0.15) is 5.82 Å². The molecule has 4 rings (SSSR count). The second kappa shape index (κ2) is 11.4. The first-order chi connectivity index (χ1) is 17.9. The van der Waals surface area contributed by atoms with Crippen molar-refractivity contribution in [3.8, 4) is 17.2 Å². The summed E-state index contributed by atoms with van der Waals surface area (Å²) in [7, 11) is 4.60. The van der Waals surface area contributed by atoms with Crippen LogP contribution in [0.5, 0.6) is 17.2 Å². The van der Waals surface area contributed by atoms with E-state index >= 15 is 0 Å². The van der Waals surface area contributed by atoms with Crippen molar-refractivity contribution in [3.63, 3.8) is 0 Å². The van der Waals surface area contributed by atoms with Gasteiger partial charge in [-0.15, -0.1) is 0 Å². The number of methoxy groups -OCH3 is 3. The van der Waals surface area contributed by atoms with Crippen LogP contribution >= 0.6 is 0 Å². The van der Waals surface area contributed by atoms with Gasteiger partial charge in [0, 0.05) is 25.1 Å². The average Bonchev–Trinajstić information content (AvgIpc) is 3.24. The van der Waals surface area contributed by atoms with Crippen LogP contribution in [0.2, 0.25) is 0 Å². The Morgan fingerprint density at radius 3 is 2.19 bits per heavy atom.